The molecular formula is C7H7Cl2O2P. The first-order valence-corrected chi connectivity index (χ1v) is 5.99. The minimum absolute atomic E-state index is 0.0278. The Balaban J connectivity index is 0.000000354. The van der Waals surface area contributed by atoms with E-state index in [-0.39, 0.29) is 7.29 Å². The van der Waals surface area contributed by atoms with Crippen LogP contribution in [-0.2, 0) is 0 Å². The van der Waals surface area contributed by atoms with Crippen molar-refractivity contribution in [3.63, 3.8) is 0 Å². The van der Waals surface area contributed by atoms with Gasteiger partial charge in [-0.15, -0.1) is 0 Å². The molecule has 1 N–H and O–H groups in total. The molecule has 0 heterocycles. The van der Waals surface area contributed by atoms with E-state index in [4.69, 9.17) is 27.6 Å². The zero-order chi connectivity index (χ0) is 9.40. The number of hydrogen-bond acceptors (Lipinski definition) is 1. The van der Waals surface area contributed by atoms with E-state index in [1.54, 1.807) is 30.3 Å². The molecule has 0 spiro atoms. The van der Waals surface area contributed by atoms with Crippen LogP contribution in [0.25, 0.3) is 0 Å². The first-order valence-electron chi connectivity index (χ1n) is 2.97. The largest absolute Gasteiger partial charge is 0.478 e. The lowest BCUT2D eigenvalue weighted by atomic mass is 10.2. The number of halogens is 2. The second kappa shape index (κ2) is 7.35. The van der Waals surface area contributed by atoms with Gasteiger partial charge in [-0.3, -0.25) is 0 Å². The second-order valence-corrected chi connectivity index (χ2v) is 3.60. The lowest BCUT2D eigenvalue weighted by molar-refractivity contribution is 0.0697. The van der Waals surface area contributed by atoms with Crippen LogP contribution in [0.3, 0.4) is 0 Å². The molecule has 0 unspecified atom stereocenters. The molecule has 5 heteroatoms. The van der Waals surface area contributed by atoms with Crippen LogP contribution < -0.4 is 0 Å². The summed E-state index contributed by atoms with van der Waals surface area (Å²) >= 11 is 9.58. The van der Waals surface area contributed by atoms with Crippen molar-refractivity contribution in [2.45, 2.75) is 0 Å². The Morgan fingerprint density at radius 3 is 1.92 bits per heavy atom. The van der Waals surface area contributed by atoms with Crippen molar-refractivity contribution >= 4 is 35.7 Å². The third kappa shape index (κ3) is 5.36. The van der Waals surface area contributed by atoms with Crippen LogP contribution in [0.4, 0.5) is 0 Å². The number of carboxylic acid groups (broad SMARTS) is 1. The number of carbonyl (C=O) groups is 1. The molecule has 0 aromatic heterocycles. The molecule has 0 amide bonds. The van der Waals surface area contributed by atoms with Gasteiger partial charge in [-0.05, 0) is 12.1 Å². The van der Waals surface area contributed by atoms with Crippen LogP contribution in [0, 0.1) is 0 Å². The molecule has 0 atom stereocenters. The molecule has 12 heavy (non-hydrogen) atoms. The van der Waals surface area contributed by atoms with E-state index >= 15 is 0 Å². The van der Waals surface area contributed by atoms with E-state index in [0.717, 1.165) is 0 Å². The highest BCUT2D eigenvalue weighted by atomic mass is 35.9. The Morgan fingerprint density at radius 2 is 1.67 bits per heavy atom. The molecule has 0 aliphatic heterocycles. The minimum atomic E-state index is -0.879. The summed E-state index contributed by atoms with van der Waals surface area (Å²) in [5.74, 6) is -0.879. The van der Waals surface area contributed by atoms with Crippen LogP contribution in [0.1, 0.15) is 10.4 Å². The third-order valence-corrected chi connectivity index (χ3v) is 1.02. The van der Waals surface area contributed by atoms with E-state index in [2.05, 4.69) is 0 Å². The fraction of sp³-hybridized carbons (Fsp3) is 0. The minimum Gasteiger partial charge on any atom is -0.478 e. The summed E-state index contributed by atoms with van der Waals surface area (Å²) < 4.78 is 0. The molecule has 0 radical (unpaired) electrons. The van der Waals surface area contributed by atoms with Crippen molar-refractivity contribution in [2.24, 2.45) is 0 Å². The Morgan fingerprint density at radius 1 is 1.25 bits per heavy atom. The maximum atomic E-state index is 10.2. The highest BCUT2D eigenvalue weighted by Gasteiger charge is 1.96. The molecule has 0 fully saturated rings. The van der Waals surface area contributed by atoms with E-state index in [1.165, 1.54) is 0 Å². The predicted molar refractivity (Wildman–Crippen MR) is 53.4 cm³/mol. The number of rotatable bonds is 1. The lowest BCUT2D eigenvalue weighted by Crippen LogP contribution is -1.93. The summed E-state index contributed by atoms with van der Waals surface area (Å²) in [6.45, 7) is 0. The van der Waals surface area contributed by atoms with Crippen LogP contribution in [0.15, 0.2) is 30.3 Å². The Hall–Kier alpha value is -0.300. The Kier molecular flexibility index (Phi) is 7.17. The lowest BCUT2D eigenvalue weighted by Gasteiger charge is -1.88. The normalized spacial score (nSPS) is 8.17. The van der Waals surface area contributed by atoms with Gasteiger partial charge in [0.1, 0.15) is 0 Å². The number of carboxylic acids is 1. The zero-order valence-electron chi connectivity index (χ0n) is 6.00. The van der Waals surface area contributed by atoms with E-state index in [0.29, 0.717) is 5.56 Å². The summed E-state index contributed by atoms with van der Waals surface area (Å²) in [5, 5.41) is 8.38. The molecule has 0 bridgehead atoms. The highest BCUT2D eigenvalue weighted by Crippen LogP contribution is 2.19. The smallest absolute Gasteiger partial charge is 0.335 e. The zero-order valence-corrected chi connectivity index (χ0v) is 8.51. The third-order valence-electron chi connectivity index (χ3n) is 1.02. The van der Waals surface area contributed by atoms with Gasteiger partial charge in [-0.25, -0.2) is 4.79 Å². The van der Waals surface area contributed by atoms with Gasteiger partial charge >= 0.3 is 5.97 Å². The van der Waals surface area contributed by atoms with Crippen LogP contribution >= 0.6 is 29.8 Å². The number of hydrogen-bond donors (Lipinski definition) is 1. The molecule has 2 nitrogen and oxygen atoms in total. The molecule has 1 rings (SSSR count). The van der Waals surface area contributed by atoms with Crippen LogP contribution in [0.2, 0.25) is 0 Å². The van der Waals surface area contributed by atoms with Crippen LogP contribution in [-0.4, -0.2) is 11.1 Å². The van der Waals surface area contributed by atoms with Crippen molar-refractivity contribution in [3.8, 4) is 0 Å². The highest BCUT2D eigenvalue weighted by molar-refractivity contribution is 7.90. The first kappa shape index (κ1) is 11.7. The van der Waals surface area contributed by atoms with Gasteiger partial charge in [0.15, 0.2) is 0 Å². The average molecular weight is 225 g/mol. The quantitative estimate of drug-likeness (QED) is 0.744. The fourth-order valence-electron chi connectivity index (χ4n) is 0.581. The summed E-state index contributed by atoms with van der Waals surface area (Å²) in [5.41, 5.74) is 0.331. The maximum Gasteiger partial charge on any atom is 0.335 e. The maximum absolute atomic E-state index is 10.2. The number of benzene rings is 1. The van der Waals surface area contributed by atoms with Gasteiger partial charge in [0.25, 0.3) is 0 Å². The summed E-state index contributed by atoms with van der Waals surface area (Å²) in [4.78, 5) is 10.2. The molecule has 1 aromatic carbocycles. The molecular weight excluding hydrogens is 218 g/mol. The van der Waals surface area contributed by atoms with Gasteiger partial charge < -0.3 is 5.11 Å². The molecule has 66 valence electrons. The van der Waals surface area contributed by atoms with Crippen molar-refractivity contribution in [3.05, 3.63) is 35.9 Å². The van der Waals surface area contributed by atoms with E-state index in [1.807, 2.05) is 0 Å². The molecule has 0 saturated carbocycles. The standard InChI is InChI=1S/C7H6O2.Cl2HP/c8-7(9)6-4-2-1-3-5-6;1-3-2/h1-5H,(H,8,9);3H. The van der Waals surface area contributed by atoms with Crippen molar-refractivity contribution < 1.29 is 9.90 Å². The Bertz CT molecular complexity index is 228. The monoisotopic (exact) mass is 224 g/mol. The second-order valence-electron chi connectivity index (χ2n) is 1.74. The first-order chi connectivity index (χ1) is 5.72. The van der Waals surface area contributed by atoms with Crippen molar-refractivity contribution in [1.82, 2.24) is 0 Å². The van der Waals surface area contributed by atoms with Gasteiger partial charge in [0.2, 0.25) is 0 Å². The van der Waals surface area contributed by atoms with E-state index in [9.17, 15) is 4.79 Å². The molecule has 0 aliphatic carbocycles. The molecule has 1 aromatic rings. The van der Waals surface area contributed by atoms with E-state index < -0.39 is 5.97 Å². The predicted octanol–water partition coefficient (Wildman–Crippen LogP) is 3.36. The number of aromatic carboxylic acids is 1. The Labute approximate surface area is 81.9 Å². The topological polar surface area (TPSA) is 37.3 Å². The van der Waals surface area contributed by atoms with Crippen LogP contribution in [0.5, 0.6) is 0 Å². The summed E-state index contributed by atoms with van der Waals surface area (Å²) in [6, 6.07) is 8.30. The SMILES string of the molecule is ClPCl.O=C(O)c1ccccc1. The summed E-state index contributed by atoms with van der Waals surface area (Å²) in [6.07, 6.45) is 0. The molecule has 0 aliphatic rings. The van der Waals surface area contributed by atoms with Gasteiger partial charge in [0, 0.05) is 0 Å². The average Bonchev–Trinajstić information content (AvgIpc) is 2.07. The van der Waals surface area contributed by atoms with Crippen molar-refractivity contribution in [1.29, 1.82) is 0 Å². The summed E-state index contributed by atoms with van der Waals surface area (Å²) in [7, 11) is 0.0278. The molecule has 0 saturated heterocycles. The van der Waals surface area contributed by atoms with Gasteiger partial charge in [-0.2, -0.15) is 0 Å². The fourth-order valence-corrected chi connectivity index (χ4v) is 0.581. The van der Waals surface area contributed by atoms with Gasteiger partial charge in [0.05, 0.1) is 12.8 Å². The van der Waals surface area contributed by atoms with Crippen molar-refractivity contribution in [2.75, 3.05) is 0 Å². The van der Waals surface area contributed by atoms with Gasteiger partial charge in [-0.1, -0.05) is 40.7 Å².